The van der Waals surface area contributed by atoms with E-state index < -0.39 is 6.29 Å². The molecule has 1 amide bonds. The van der Waals surface area contributed by atoms with Crippen LogP contribution in [0.3, 0.4) is 0 Å². The maximum atomic E-state index is 12.6. The Kier molecular flexibility index (Phi) is 17.3. The molecule has 0 bridgehead atoms. The summed E-state index contributed by atoms with van der Waals surface area (Å²) in [4.78, 5) is 12.6. The number of benzene rings is 3. The molecule has 0 aliphatic carbocycles. The van der Waals surface area contributed by atoms with Gasteiger partial charge in [-0.2, -0.15) is 4.68 Å². The van der Waals surface area contributed by atoms with Crippen LogP contribution >= 0.6 is 11.8 Å². The smallest absolute Gasteiger partial charge is 0.220 e. The van der Waals surface area contributed by atoms with Crippen molar-refractivity contribution in [3.63, 3.8) is 0 Å². The molecule has 0 saturated carbocycles. The van der Waals surface area contributed by atoms with Crippen LogP contribution in [0, 0.1) is 5.92 Å². The Morgan fingerprint density at radius 1 is 0.778 bits per heavy atom. The average Bonchev–Trinajstić information content (AvgIpc) is 3.67. The highest BCUT2D eigenvalue weighted by atomic mass is 32.2. The van der Waals surface area contributed by atoms with E-state index in [2.05, 4.69) is 34.7 Å². The minimum absolute atomic E-state index is 0.00359. The number of aromatic hydroxyl groups is 1. The predicted molar refractivity (Wildman–Crippen MR) is 213 cm³/mol. The van der Waals surface area contributed by atoms with Gasteiger partial charge >= 0.3 is 0 Å². The van der Waals surface area contributed by atoms with E-state index in [1.54, 1.807) is 28.9 Å². The fourth-order valence-corrected chi connectivity index (χ4v) is 7.93. The molecule has 54 heavy (non-hydrogen) atoms. The lowest BCUT2D eigenvalue weighted by Crippen LogP contribution is -2.38. The van der Waals surface area contributed by atoms with Gasteiger partial charge in [0.05, 0.1) is 24.5 Å². The van der Waals surface area contributed by atoms with Gasteiger partial charge in [-0.15, -0.1) is 5.10 Å². The fourth-order valence-electron chi connectivity index (χ4n) is 6.88. The summed E-state index contributed by atoms with van der Waals surface area (Å²) in [6, 6.07) is 22.7. The van der Waals surface area contributed by atoms with Crippen LogP contribution < -0.4 is 5.32 Å². The number of aromatic nitrogens is 4. The molecule has 1 saturated heterocycles. The summed E-state index contributed by atoms with van der Waals surface area (Å²) < 4.78 is 14.9. The van der Waals surface area contributed by atoms with E-state index in [0.717, 1.165) is 40.8 Å². The summed E-state index contributed by atoms with van der Waals surface area (Å²) in [5, 5.41) is 35.3. The van der Waals surface area contributed by atoms with Gasteiger partial charge in [0.1, 0.15) is 5.75 Å². The molecular weight excluding hydrogens is 699 g/mol. The molecule has 292 valence electrons. The number of rotatable bonds is 23. The number of phenols is 1. The molecule has 1 fully saturated rings. The van der Waals surface area contributed by atoms with Gasteiger partial charge in [0.15, 0.2) is 6.29 Å². The van der Waals surface area contributed by atoms with Crippen LogP contribution in [0.15, 0.2) is 78.0 Å². The van der Waals surface area contributed by atoms with Gasteiger partial charge in [-0.1, -0.05) is 151 Å². The van der Waals surface area contributed by atoms with Crippen LogP contribution in [-0.4, -0.2) is 48.2 Å². The number of amides is 1. The summed E-state index contributed by atoms with van der Waals surface area (Å²) in [7, 11) is 0. The van der Waals surface area contributed by atoms with E-state index >= 15 is 0 Å². The van der Waals surface area contributed by atoms with E-state index in [1.807, 2.05) is 48.5 Å². The van der Waals surface area contributed by atoms with Gasteiger partial charge in [-0.05, 0) is 57.8 Å². The van der Waals surface area contributed by atoms with Crippen molar-refractivity contribution in [1.82, 2.24) is 25.5 Å². The molecule has 4 atom stereocenters. The maximum Gasteiger partial charge on any atom is 0.220 e. The van der Waals surface area contributed by atoms with Crippen molar-refractivity contribution in [2.75, 3.05) is 5.75 Å². The number of nitrogens with zero attached hydrogens (tertiary/aromatic N) is 4. The molecule has 11 heteroatoms. The van der Waals surface area contributed by atoms with Crippen LogP contribution in [0.5, 0.6) is 5.75 Å². The fraction of sp³-hybridized carbons (Fsp3) is 0.535. The third-order valence-electron chi connectivity index (χ3n) is 10.3. The molecule has 1 aromatic heterocycles. The monoisotopic (exact) mass is 757 g/mol. The van der Waals surface area contributed by atoms with Gasteiger partial charge < -0.3 is 25.0 Å². The molecule has 3 N–H and O–H groups in total. The van der Waals surface area contributed by atoms with Crippen LogP contribution in [-0.2, 0) is 27.4 Å². The highest BCUT2D eigenvalue weighted by molar-refractivity contribution is 7.99. The maximum absolute atomic E-state index is 12.6. The number of nitrogens with one attached hydrogen (secondary N) is 1. The van der Waals surface area contributed by atoms with Crippen molar-refractivity contribution in [2.24, 2.45) is 5.92 Å². The van der Waals surface area contributed by atoms with Crippen molar-refractivity contribution in [3.05, 3.63) is 95.1 Å². The number of carbonyl (C=O) groups is 1. The number of tetrazole rings is 1. The summed E-state index contributed by atoms with van der Waals surface area (Å²) in [5.74, 6) is 0.847. The summed E-state index contributed by atoms with van der Waals surface area (Å²) >= 11 is 1.50. The predicted octanol–water partition coefficient (Wildman–Crippen LogP) is 9.54. The number of thioether (sulfide) groups is 1. The number of aliphatic hydroxyl groups is 1. The third-order valence-corrected chi connectivity index (χ3v) is 11.3. The van der Waals surface area contributed by atoms with Crippen molar-refractivity contribution in [2.45, 2.75) is 141 Å². The minimum atomic E-state index is -0.610. The van der Waals surface area contributed by atoms with Gasteiger partial charge in [-0.25, -0.2) is 0 Å². The van der Waals surface area contributed by atoms with Gasteiger partial charge in [-0.3, -0.25) is 4.79 Å². The third kappa shape index (κ3) is 12.9. The number of hydrogen-bond acceptors (Lipinski definition) is 9. The Bertz CT molecular complexity index is 1650. The van der Waals surface area contributed by atoms with Crippen molar-refractivity contribution < 1.29 is 24.5 Å². The van der Waals surface area contributed by atoms with E-state index in [9.17, 15) is 15.0 Å². The zero-order chi connectivity index (χ0) is 38.0. The number of hydrogen-bond donors (Lipinski definition) is 3. The van der Waals surface area contributed by atoms with E-state index in [0.29, 0.717) is 23.9 Å². The molecule has 1 unspecified atom stereocenters. The zero-order valence-corrected chi connectivity index (χ0v) is 32.9. The SMILES string of the molecule is CCCCCCCCCCCCCCCC(=O)NCc1ccc(C2O[C@H](CSc3nnnn3-c3ccc(O)cc3)[C@H](C)[C@H](c3ccc(CO)cc3)O2)cc1. The first kappa shape index (κ1) is 41.4. The summed E-state index contributed by atoms with van der Waals surface area (Å²) in [6.45, 7) is 4.85. The number of unbranched alkanes of at least 4 members (excludes halogenated alkanes) is 12. The minimum Gasteiger partial charge on any atom is -0.508 e. The van der Waals surface area contributed by atoms with E-state index in [4.69, 9.17) is 9.47 Å². The van der Waals surface area contributed by atoms with E-state index in [-0.39, 0.29) is 36.4 Å². The number of phenolic OH excluding ortho intramolecular Hbond substituents is 1. The molecular formula is C43H59N5O5S. The second kappa shape index (κ2) is 22.6. The second-order valence-corrected chi connectivity index (χ2v) is 15.5. The largest absolute Gasteiger partial charge is 0.508 e. The highest BCUT2D eigenvalue weighted by Crippen LogP contribution is 2.43. The van der Waals surface area contributed by atoms with E-state index in [1.165, 1.54) is 82.4 Å². The molecule has 0 spiro atoms. The Morgan fingerprint density at radius 3 is 2.00 bits per heavy atom. The second-order valence-electron chi connectivity index (χ2n) is 14.5. The lowest BCUT2D eigenvalue weighted by molar-refractivity contribution is -0.268. The lowest BCUT2D eigenvalue weighted by Gasteiger charge is -2.41. The highest BCUT2D eigenvalue weighted by Gasteiger charge is 2.38. The quantitative estimate of drug-likeness (QED) is 0.0500. The Labute approximate surface area is 325 Å². The van der Waals surface area contributed by atoms with Crippen molar-refractivity contribution in [3.8, 4) is 11.4 Å². The van der Waals surface area contributed by atoms with Crippen LogP contribution in [0.1, 0.15) is 138 Å². The van der Waals surface area contributed by atoms with Gasteiger partial charge in [0.25, 0.3) is 0 Å². The van der Waals surface area contributed by atoms with Gasteiger partial charge in [0, 0.05) is 30.2 Å². The molecule has 10 nitrogen and oxygen atoms in total. The van der Waals surface area contributed by atoms with Crippen LogP contribution in [0.25, 0.3) is 5.69 Å². The first-order chi connectivity index (χ1) is 26.4. The normalized spacial score (nSPS) is 18.5. The van der Waals surface area contributed by atoms with Crippen LogP contribution in [0.2, 0.25) is 0 Å². The first-order valence-corrected chi connectivity index (χ1v) is 21.0. The van der Waals surface area contributed by atoms with Gasteiger partial charge in [0.2, 0.25) is 11.1 Å². The number of aliphatic hydroxyl groups excluding tert-OH is 1. The zero-order valence-electron chi connectivity index (χ0n) is 32.1. The topological polar surface area (TPSA) is 132 Å². The number of carbonyl (C=O) groups excluding carboxylic acids is 1. The summed E-state index contributed by atoms with van der Waals surface area (Å²) in [6.07, 6.45) is 16.3. The Hall–Kier alpha value is -3.77. The Morgan fingerprint density at radius 2 is 1.37 bits per heavy atom. The Balaban J connectivity index is 1.09. The molecule has 5 rings (SSSR count). The summed E-state index contributed by atoms with van der Waals surface area (Å²) in [5.41, 5.74) is 4.52. The average molecular weight is 758 g/mol. The molecule has 1 aliphatic heterocycles. The number of ether oxygens (including phenoxy) is 2. The van der Waals surface area contributed by atoms with Crippen LogP contribution in [0.4, 0.5) is 0 Å². The molecule has 2 heterocycles. The molecule has 1 aliphatic rings. The first-order valence-electron chi connectivity index (χ1n) is 20.0. The lowest BCUT2D eigenvalue weighted by atomic mass is 9.91. The standard InChI is InChI=1S/C43H59N5O5S/c1-3-4-5-6-7-8-9-10-11-12-13-14-15-16-40(51)44-29-33-17-23-36(24-18-33)42-52-39(32(2)41(53-42)35-21-19-34(30-49)20-22-35)31-54-43-45-46-47-48(43)37-25-27-38(50)28-26-37/h17-28,32,39,41-42,49-50H,3-16,29-31H2,1-2H3,(H,44,51)/t32-,39+,41+,42?/m0/s1. The molecule has 0 radical (unpaired) electrons. The van der Waals surface area contributed by atoms with Crippen molar-refractivity contribution >= 4 is 17.7 Å². The van der Waals surface area contributed by atoms with Crippen molar-refractivity contribution in [1.29, 1.82) is 0 Å². The molecule has 3 aromatic carbocycles. The molecule has 4 aromatic rings.